The van der Waals surface area contributed by atoms with Crippen molar-refractivity contribution in [2.45, 2.75) is 58.7 Å². The van der Waals surface area contributed by atoms with Gasteiger partial charge in [-0.05, 0) is 53.1 Å². The van der Waals surface area contributed by atoms with Crippen LogP contribution < -0.4 is 0 Å². The first kappa shape index (κ1) is 13.6. The second-order valence-electron chi connectivity index (χ2n) is 6.19. The molecule has 1 saturated heterocycles. The predicted molar refractivity (Wildman–Crippen MR) is 72.6 cm³/mol. The lowest BCUT2D eigenvalue weighted by Crippen LogP contribution is -2.43. The minimum absolute atomic E-state index is 0.509. The Morgan fingerprint density at radius 3 is 2.72 bits per heavy atom. The molecule has 0 unspecified atom stereocenters. The van der Waals surface area contributed by atoms with Crippen LogP contribution in [0.2, 0.25) is 0 Å². The molecule has 1 aromatic heterocycles. The van der Waals surface area contributed by atoms with Gasteiger partial charge in [0.15, 0.2) is 0 Å². The maximum Gasteiger partial charge on any atom is 0.0718 e. The largest absolute Gasteiger partial charge is 0.389 e. The zero-order chi connectivity index (χ0) is 13.3. The monoisotopic (exact) mass is 251 g/mol. The van der Waals surface area contributed by atoms with Gasteiger partial charge in [-0.25, -0.2) is 0 Å². The summed E-state index contributed by atoms with van der Waals surface area (Å²) < 4.78 is 2.10. The van der Waals surface area contributed by atoms with Crippen molar-refractivity contribution in [2.24, 2.45) is 0 Å². The van der Waals surface area contributed by atoms with Crippen molar-refractivity contribution in [3.8, 4) is 0 Å². The summed E-state index contributed by atoms with van der Waals surface area (Å²) in [6, 6.07) is 2.63. The van der Waals surface area contributed by atoms with Crippen molar-refractivity contribution in [2.75, 3.05) is 13.1 Å². The van der Waals surface area contributed by atoms with E-state index < -0.39 is 5.60 Å². The highest BCUT2D eigenvalue weighted by Gasteiger charge is 2.29. The Hall–Kier alpha value is -0.870. The van der Waals surface area contributed by atoms with Gasteiger partial charge >= 0.3 is 0 Å². The van der Waals surface area contributed by atoms with Crippen LogP contribution in [0.25, 0.3) is 0 Å². The Morgan fingerprint density at radius 2 is 2.17 bits per heavy atom. The Kier molecular flexibility index (Phi) is 3.78. The van der Waals surface area contributed by atoms with Crippen LogP contribution in [0.1, 0.15) is 38.1 Å². The van der Waals surface area contributed by atoms with E-state index in [1.807, 2.05) is 20.8 Å². The van der Waals surface area contributed by atoms with Crippen molar-refractivity contribution in [3.63, 3.8) is 0 Å². The van der Waals surface area contributed by atoms with Crippen LogP contribution in [0, 0.1) is 13.8 Å². The summed E-state index contributed by atoms with van der Waals surface area (Å²) in [7, 11) is 0. The van der Waals surface area contributed by atoms with Crippen LogP contribution in [0.15, 0.2) is 6.07 Å². The molecule has 1 aliphatic rings. The molecule has 0 aromatic carbocycles. The molecule has 0 saturated carbocycles. The summed E-state index contributed by atoms with van der Waals surface area (Å²) in [5.74, 6) is 0. The lowest BCUT2D eigenvalue weighted by atomic mass is 10.1. The van der Waals surface area contributed by atoms with Gasteiger partial charge in [0.2, 0.25) is 0 Å². The minimum Gasteiger partial charge on any atom is -0.389 e. The Morgan fingerprint density at radius 1 is 1.44 bits per heavy atom. The lowest BCUT2D eigenvalue weighted by Gasteiger charge is -2.30. The van der Waals surface area contributed by atoms with E-state index in [-0.39, 0.29) is 0 Å². The third-order valence-corrected chi connectivity index (χ3v) is 3.58. The maximum atomic E-state index is 9.96. The van der Waals surface area contributed by atoms with E-state index in [1.54, 1.807) is 0 Å². The molecule has 0 aliphatic carbocycles. The predicted octanol–water partition coefficient (Wildman–Crippen LogP) is 1.74. The van der Waals surface area contributed by atoms with E-state index in [4.69, 9.17) is 0 Å². The molecular formula is C14H25N3O. The van der Waals surface area contributed by atoms with E-state index in [2.05, 4.69) is 27.7 Å². The molecule has 1 atom stereocenters. The number of β-amino-alcohol motifs (C(OH)–C–C–N with tert-alkyl or cyclic N) is 1. The molecule has 2 heterocycles. The van der Waals surface area contributed by atoms with E-state index in [0.717, 1.165) is 25.3 Å². The molecule has 1 fully saturated rings. The molecule has 0 amide bonds. The Balaban J connectivity index is 2.02. The summed E-state index contributed by atoms with van der Waals surface area (Å²) >= 11 is 0. The second kappa shape index (κ2) is 5.02. The van der Waals surface area contributed by atoms with Crippen molar-refractivity contribution in [1.82, 2.24) is 14.7 Å². The van der Waals surface area contributed by atoms with Gasteiger partial charge in [0.25, 0.3) is 0 Å². The Bertz CT molecular complexity index is 406. The van der Waals surface area contributed by atoms with Gasteiger partial charge in [0.05, 0.1) is 17.8 Å². The van der Waals surface area contributed by atoms with Gasteiger partial charge in [0, 0.05) is 18.3 Å². The van der Waals surface area contributed by atoms with Gasteiger partial charge in [-0.2, -0.15) is 5.10 Å². The van der Waals surface area contributed by atoms with E-state index in [9.17, 15) is 5.11 Å². The molecule has 2 rings (SSSR count). The van der Waals surface area contributed by atoms with E-state index in [1.165, 1.54) is 18.5 Å². The maximum absolute atomic E-state index is 9.96. The summed E-state index contributed by atoms with van der Waals surface area (Å²) in [6.07, 6.45) is 2.43. The fraction of sp³-hybridized carbons (Fsp3) is 0.786. The smallest absolute Gasteiger partial charge is 0.0718 e. The van der Waals surface area contributed by atoms with E-state index >= 15 is 0 Å². The third-order valence-electron chi connectivity index (χ3n) is 3.58. The van der Waals surface area contributed by atoms with Crippen molar-refractivity contribution in [1.29, 1.82) is 0 Å². The average Bonchev–Trinajstić information content (AvgIpc) is 2.73. The first-order valence-corrected chi connectivity index (χ1v) is 6.83. The van der Waals surface area contributed by atoms with Crippen LogP contribution in [0.4, 0.5) is 0 Å². The van der Waals surface area contributed by atoms with Crippen LogP contribution in [0.5, 0.6) is 0 Å². The van der Waals surface area contributed by atoms with Crippen LogP contribution in [0.3, 0.4) is 0 Å². The number of aromatic nitrogens is 2. The molecule has 1 N–H and O–H groups in total. The molecule has 0 spiro atoms. The van der Waals surface area contributed by atoms with Gasteiger partial charge < -0.3 is 5.11 Å². The SMILES string of the molecule is Cc1cc(C)n(C[C@@H]2CCCN2CC(C)(C)O)n1. The zero-order valence-corrected chi connectivity index (χ0v) is 12.0. The van der Waals surface area contributed by atoms with E-state index in [0.29, 0.717) is 6.04 Å². The topological polar surface area (TPSA) is 41.3 Å². The minimum atomic E-state index is -0.613. The number of aryl methyl sites for hydroxylation is 2. The third kappa shape index (κ3) is 3.33. The van der Waals surface area contributed by atoms with Crippen LogP contribution >= 0.6 is 0 Å². The molecule has 0 bridgehead atoms. The standard InChI is InChI=1S/C14H25N3O/c1-11-8-12(2)17(15-11)9-13-6-5-7-16(13)10-14(3,4)18/h8,13,18H,5-7,9-10H2,1-4H3/t13-/m0/s1. The molecule has 1 aromatic rings. The number of nitrogens with zero attached hydrogens (tertiary/aromatic N) is 3. The first-order valence-electron chi connectivity index (χ1n) is 6.83. The number of aliphatic hydroxyl groups is 1. The quantitative estimate of drug-likeness (QED) is 0.886. The van der Waals surface area contributed by atoms with Gasteiger partial charge in [0.1, 0.15) is 0 Å². The summed E-state index contributed by atoms with van der Waals surface area (Å²) in [5.41, 5.74) is 1.69. The average molecular weight is 251 g/mol. The fourth-order valence-electron chi connectivity index (χ4n) is 2.87. The molecule has 4 heteroatoms. The van der Waals surface area contributed by atoms with Crippen molar-refractivity contribution >= 4 is 0 Å². The van der Waals surface area contributed by atoms with Crippen LogP contribution in [-0.2, 0) is 6.54 Å². The molecule has 18 heavy (non-hydrogen) atoms. The second-order valence-corrected chi connectivity index (χ2v) is 6.19. The summed E-state index contributed by atoms with van der Waals surface area (Å²) in [4.78, 5) is 2.40. The van der Waals surface area contributed by atoms with Crippen LogP contribution in [-0.4, -0.2) is 44.5 Å². The lowest BCUT2D eigenvalue weighted by molar-refractivity contribution is 0.0292. The number of rotatable bonds is 4. The van der Waals surface area contributed by atoms with Crippen molar-refractivity contribution in [3.05, 3.63) is 17.5 Å². The Labute approximate surface area is 110 Å². The summed E-state index contributed by atoms with van der Waals surface area (Å²) in [6.45, 7) is 10.7. The number of likely N-dealkylation sites (tertiary alicyclic amines) is 1. The number of hydrogen-bond acceptors (Lipinski definition) is 3. The zero-order valence-electron chi connectivity index (χ0n) is 12.0. The highest BCUT2D eigenvalue weighted by atomic mass is 16.3. The summed E-state index contributed by atoms with van der Waals surface area (Å²) in [5, 5.41) is 14.5. The van der Waals surface area contributed by atoms with Gasteiger partial charge in [-0.3, -0.25) is 9.58 Å². The van der Waals surface area contributed by atoms with Crippen molar-refractivity contribution < 1.29 is 5.11 Å². The highest BCUT2D eigenvalue weighted by Crippen LogP contribution is 2.21. The molecular weight excluding hydrogens is 226 g/mol. The molecule has 4 nitrogen and oxygen atoms in total. The molecule has 0 radical (unpaired) electrons. The normalized spacial score (nSPS) is 21.7. The first-order chi connectivity index (χ1) is 8.35. The number of hydrogen-bond donors (Lipinski definition) is 1. The highest BCUT2D eigenvalue weighted by molar-refractivity contribution is 5.07. The molecule has 102 valence electrons. The molecule has 1 aliphatic heterocycles. The van der Waals surface area contributed by atoms with Gasteiger partial charge in [-0.1, -0.05) is 0 Å². The fourth-order valence-corrected chi connectivity index (χ4v) is 2.87. The van der Waals surface area contributed by atoms with Gasteiger partial charge in [-0.15, -0.1) is 0 Å².